The minimum Gasteiger partial charge on any atom is -0.465 e. The summed E-state index contributed by atoms with van der Waals surface area (Å²) in [5.74, 6) is 0.101. The van der Waals surface area contributed by atoms with Gasteiger partial charge < -0.3 is 14.8 Å². The number of aryl methyl sites for hydroxylation is 1. The van der Waals surface area contributed by atoms with Crippen LogP contribution in [0, 0.1) is 12.8 Å². The van der Waals surface area contributed by atoms with Gasteiger partial charge in [0.2, 0.25) is 0 Å². The smallest absolute Gasteiger partial charge is 0.337 e. The Kier molecular flexibility index (Phi) is 3.77. The third kappa shape index (κ3) is 2.47. The van der Waals surface area contributed by atoms with Gasteiger partial charge in [-0.2, -0.15) is 0 Å². The van der Waals surface area contributed by atoms with Gasteiger partial charge in [0, 0.05) is 23.8 Å². The number of ether oxygens (including phenoxy) is 2. The lowest BCUT2D eigenvalue weighted by Crippen LogP contribution is -2.29. The summed E-state index contributed by atoms with van der Waals surface area (Å²) in [5, 5.41) is 3.68. The molecule has 0 amide bonds. The first-order valence-corrected chi connectivity index (χ1v) is 8.34. The number of fused-ring (bicyclic) bond motifs is 3. The number of hydrogen-bond acceptors (Lipinski definition) is 4. The summed E-state index contributed by atoms with van der Waals surface area (Å²) in [5.41, 5.74) is 5.41. The first kappa shape index (κ1) is 15.2. The molecule has 24 heavy (non-hydrogen) atoms. The van der Waals surface area contributed by atoms with E-state index in [1.54, 1.807) is 0 Å². The van der Waals surface area contributed by atoms with Crippen molar-refractivity contribution >= 4 is 11.7 Å². The summed E-state index contributed by atoms with van der Waals surface area (Å²) in [6.45, 7) is 2.91. The quantitative estimate of drug-likeness (QED) is 0.848. The first-order chi connectivity index (χ1) is 11.7. The molecule has 1 fully saturated rings. The van der Waals surface area contributed by atoms with E-state index in [1.807, 2.05) is 24.3 Å². The molecule has 4 rings (SSSR count). The zero-order valence-electron chi connectivity index (χ0n) is 13.9. The molecule has 4 heteroatoms. The topological polar surface area (TPSA) is 47.6 Å². The number of rotatable bonds is 2. The van der Waals surface area contributed by atoms with Gasteiger partial charge in [0.05, 0.1) is 24.8 Å². The average Bonchev–Trinajstić information content (AvgIpc) is 3.11. The van der Waals surface area contributed by atoms with Gasteiger partial charge in [0.15, 0.2) is 0 Å². The van der Waals surface area contributed by atoms with Crippen LogP contribution in [0.25, 0.3) is 0 Å². The van der Waals surface area contributed by atoms with Crippen LogP contribution < -0.4 is 5.32 Å². The van der Waals surface area contributed by atoms with Crippen LogP contribution in [0.15, 0.2) is 42.5 Å². The van der Waals surface area contributed by atoms with Crippen molar-refractivity contribution in [1.82, 2.24) is 0 Å². The number of esters is 1. The maximum absolute atomic E-state index is 11.6. The second kappa shape index (κ2) is 5.95. The molecule has 0 aromatic heterocycles. The van der Waals surface area contributed by atoms with Gasteiger partial charge in [0.25, 0.3) is 0 Å². The summed E-state index contributed by atoms with van der Waals surface area (Å²) in [6, 6.07) is 14.4. The largest absolute Gasteiger partial charge is 0.465 e. The molecule has 0 unspecified atom stereocenters. The Balaban J connectivity index is 1.68. The predicted molar refractivity (Wildman–Crippen MR) is 92.1 cm³/mol. The SMILES string of the molecule is COC(=O)c1ccc([C@@H]2Nc3ccc(C)cc3[C@H]3OCC[C@H]32)cc1. The van der Waals surface area contributed by atoms with Crippen molar-refractivity contribution in [2.24, 2.45) is 5.92 Å². The number of carbonyl (C=O) groups excluding carboxylic acids is 1. The van der Waals surface area contributed by atoms with E-state index < -0.39 is 0 Å². The highest BCUT2D eigenvalue weighted by Crippen LogP contribution is 2.49. The molecule has 0 bridgehead atoms. The summed E-state index contributed by atoms with van der Waals surface area (Å²) < 4.78 is 10.8. The van der Waals surface area contributed by atoms with Gasteiger partial charge in [-0.15, -0.1) is 0 Å². The zero-order chi connectivity index (χ0) is 16.7. The third-order valence-electron chi connectivity index (χ3n) is 5.08. The standard InChI is InChI=1S/C20H21NO3/c1-12-3-8-17-16(11-12)19-15(9-10-24-19)18(21-17)13-4-6-14(7-5-13)20(22)23-2/h3-8,11,15,18-19,21H,9-10H2,1-2H3/t15-,18-,19-/m0/s1. The lowest BCUT2D eigenvalue weighted by atomic mass is 9.80. The molecule has 4 nitrogen and oxygen atoms in total. The number of methoxy groups -OCH3 is 1. The van der Waals surface area contributed by atoms with Gasteiger partial charge in [-0.1, -0.05) is 29.8 Å². The fraction of sp³-hybridized carbons (Fsp3) is 0.350. The molecule has 0 aliphatic carbocycles. The minimum absolute atomic E-state index is 0.145. The van der Waals surface area contributed by atoms with Crippen LogP contribution >= 0.6 is 0 Å². The van der Waals surface area contributed by atoms with E-state index in [-0.39, 0.29) is 18.1 Å². The van der Waals surface area contributed by atoms with Crippen molar-refractivity contribution in [3.63, 3.8) is 0 Å². The molecule has 0 saturated carbocycles. The average molecular weight is 323 g/mol. The van der Waals surface area contributed by atoms with Crippen molar-refractivity contribution in [1.29, 1.82) is 0 Å². The van der Waals surface area contributed by atoms with Gasteiger partial charge in [-0.05, 0) is 37.1 Å². The first-order valence-electron chi connectivity index (χ1n) is 8.34. The van der Waals surface area contributed by atoms with Crippen LogP contribution in [0.2, 0.25) is 0 Å². The highest BCUT2D eigenvalue weighted by atomic mass is 16.5. The van der Waals surface area contributed by atoms with E-state index in [0.29, 0.717) is 11.5 Å². The van der Waals surface area contributed by atoms with Crippen LogP contribution in [-0.4, -0.2) is 19.7 Å². The number of hydrogen-bond donors (Lipinski definition) is 1. The molecule has 2 aromatic rings. The third-order valence-corrected chi connectivity index (χ3v) is 5.08. The van der Waals surface area contributed by atoms with Gasteiger partial charge in [-0.25, -0.2) is 4.79 Å². The minimum atomic E-state index is -0.305. The lowest BCUT2D eigenvalue weighted by molar-refractivity contribution is 0.0600. The zero-order valence-corrected chi connectivity index (χ0v) is 13.9. The molecular weight excluding hydrogens is 302 g/mol. The van der Waals surface area contributed by atoms with Gasteiger partial charge in [0.1, 0.15) is 0 Å². The second-order valence-electron chi connectivity index (χ2n) is 6.57. The Bertz CT molecular complexity index is 769. The number of benzene rings is 2. The van der Waals surface area contributed by atoms with E-state index in [9.17, 15) is 4.79 Å². The molecule has 2 aromatic carbocycles. The van der Waals surface area contributed by atoms with E-state index in [2.05, 4.69) is 30.4 Å². The molecule has 0 spiro atoms. The Morgan fingerprint density at radius 2 is 2.00 bits per heavy atom. The Hall–Kier alpha value is -2.33. The lowest BCUT2D eigenvalue weighted by Gasteiger charge is -2.36. The van der Waals surface area contributed by atoms with Crippen LogP contribution in [0.4, 0.5) is 5.69 Å². The Morgan fingerprint density at radius 1 is 1.21 bits per heavy atom. The molecule has 1 saturated heterocycles. The normalized spacial score (nSPS) is 24.7. The van der Waals surface area contributed by atoms with E-state index in [0.717, 1.165) is 18.7 Å². The summed E-state index contributed by atoms with van der Waals surface area (Å²) >= 11 is 0. The highest BCUT2D eigenvalue weighted by molar-refractivity contribution is 5.89. The molecule has 3 atom stereocenters. The van der Waals surface area contributed by atoms with Crippen molar-refractivity contribution in [3.05, 3.63) is 64.7 Å². The van der Waals surface area contributed by atoms with Gasteiger partial charge >= 0.3 is 5.97 Å². The number of carbonyl (C=O) groups is 1. The van der Waals surface area contributed by atoms with Crippen LogP contribution in [0.1, 0.15) is 45.6 Å². The molecule has 2 aliphatic heterocycles. The second-order valence-corrected chi connectivity index (χ2v) is 6.57. The molecule has 124 valence electrons. The van der Waals surface area contributed by atoms with Crippen LogP contribution in [0.3, 0.4) is 0 Å². The highest BCUT2D eigenvalue weighted by Gasteiger charge is 2.41. The predicted octanol–water partition coefficient (Wildman–Crippen LogP) is 4.03. The Morgan fingerprint density at radius 3 is 2.75 bits per heavy atom. The summed E-state index contributed by atoms with van der Waals surface area (Å²) in [7, 11) is 1.40. The number of nitrogens with one attached hydrogen (secondary N) is 1. The monoisotopic (exact) mass is 323 g/mol. The molecular formula is C20H21NO3. The fourth-order valence-corrected chi connectivity index (χ4v) is 3.87. The Labute approximate surface area is 141 Å². The van der Waals surface area contributed by atoms with Crippen molar-refractivity contribution in [2.75, 3.05) is 19.0 Å². The molecule has 0 radical (unpaired) electrons. The fourth-order valence-electron chi connectivity index (χ4n) is 3.87. The molecule has 2 aliphatic rings. The maximum Gasteiger partial charge on any atom is 0.337 e. The number of anilines is 1. The molecule has 1 N–H and O–H groups in total. The maximum atomic E-state index is 11.6. The van der Waals surface area contributed by atoms with Crippen molar-refractivity contribution < 1.29 is 14.3 Å². The van der Waals surface area contributed by atoms with Crippen LogP contribution in [0.5, 0.6) is 0 Å². The van der Waals surface area contributed by atoms with Gasteiger partial charge in [-0.3, -0.25) is 0 Å². The van der Waals surface area contributed by atoms with Crippen molar-refractivity contribution in [2.45, 2.75) is 25.5 Å². The van der Waals surface area contributed by atoms with E-state index in [1.165, 1.54) is 23.8 Å². The van der Waals surface area contributed by atoms with Crippen molar-refractivity contribution in [3.8, 4) is 0 Å². The van der Waals surface area contributed by atoms with E-state index >= 15 is 0 Å². The van der Waals surface area contributed by atoms with Crippen LogP contribution in [-0.2, 0) is 9.47 Å². The van der Waals surface area contributed by atoms with E-state index in [4.69, 9.17) is 9.47 Å². The summed E-state index contributed by atoms with van der Waals surface area (Å²) in [4.78, 5) is 11.6. The summed E-state index contributed by atoms with van der Waals surface area (Å²) in [6.07, 6.45) is 1.18. The molecule has 2 heterocycles.